The number of hydrogen-bond donors (Lipinski definition) is 0. The van der Waals surface area contributed by atoms with Crippen LogP contribution in [0.5, 0.6) is 0 Å². The molecule has 0 amide bonds. The Balaban J connectivity index is 3.09. The third-order valence-electron chi connectivity index (χ3n) is 3.20. The predicted octanol–water partition coefficient (Wildman–Crippen LogP) is 5.33. The smallest absolute Gasteiger partial charge is 0.167 e. The molecule has 0 fully saturated rings. The molecule has 0 aliphatic heterocycles. The fourth-order valence-corrected chi connectivity index (χ4v) is 2.22. The number of carbonyl (C=O) groups excluding carboxylic acids is 1. The number of allylic oxidation sites excluding steroid dienone is 10. The number of carbonyl (C=O) groups is 1. The summed E-state index contributed by atoms with van der Waals surface area (Å²) in [5.41, 5.74) is 11.0. The molecular formula is C21H22O. The fraction of sp³-hybridized carbons (Fsp3) is 0.190. The second-order valence-corrected chi connectivity index (χ2v) is 5.41. The van der Waals surface area contributed by atoms with Gasteiger partial charge < -0.3 is 0 Å². The maximum absolute atomic E-state index is 12.6. The van der Waals surface area contributed by atoms with Gasteiger partial charge in [-0.25, -0.2) is 0 Å². The minimum Gasteiger partial charge on any atom is -0.294 e. The first kappa shape index (κ1) is 17.5. The predicted molar refractivity (Wildman–Crippen MR) is 94.5 cm³/mol. The molecule has 1 rings (SSSR count). The Kier molecular flexibility index (Phi) is 6.35. The number of hydrogen-bond acceptors (Lipinski definition) is 1. The summed E-state index contributed by atoms with van der Waals surface area (Å²) in [5.74, 6) is 0.0367. The van der Waals surface area contributed by atoms with E-state index in [4.69, 9.17) is 0 Å². The first-order valence-corrected chi connectivity index (χ1v) is 7.12. The van der Waals surface area contributed by atoms with E-state index >= 15 is 0 Å². The van der Waals surface area contributed by atoms with Gasteiger partial charge in [0.05, 0.1) is 0 Å². The molecule has 0 spiro atoms. The highest BCUT2D eigenvalue weighted by molar-refractivity contribution is 6.01. The van der Waals surface area contributed by atoms with Crippen molar-refractivity contribution < 1.29 is 4.79 Å². The molecule has 0 atom stereocenters. The van der Waals surface area contributed by atoms with E-state index in [1.165, 1.54) is 0 Å². The summed E-state index contributed by atoms with van der Waals surface area (Å²) in [7, 11) is 0. The number of rotatable bonds is 6. The summed E-state index contributed by atoms with van der Waals surface area (Å²) < 4.78 is 0. The highest BCUT2D eigenvalue weighted by Gasteiger charge is 2.14. The van der Waals surface area contributed by atoms with Crippen LogP contribution < -0.4 is 0 Å². The Bertz CT molecular complexity index is 716. The van der Waals surface area contributed by atoms with Gasteiger partial charge in [0.15, 0.2) is 5.78 Å². The Morgan fingerprint density at radius 2 is 2.05 bits per heavy atom. The van der Waals surface area contributed by atoms with Crippen LogP contribution in [0.25, 0.3) is 0 Å². The zero-order valence-electron chi connectivity index (χ0n) is 13.6. The van der Waals surface area contributed by atoms with Crippen molar-refractivity contribution in [3.05, 3.63) is 95.0 Å². The largest absolute Gasteiger partial charge is 0.294 e. The molecule has 1 aliphatic rings. The van der Waals surface area contributed by atoms with E-state index in [0.29, 0.717) is 12.0 Å². The van der Waals surface area contributed by atoms with Crippen molar-refractivity contribution in [1.29, 1.82) is 0 Å². The molecule has 0 saturated heterocycles. The summed E-state index contributed by atoms with van der Waals surface area (Å²) in [6.07, 6.45) is 9.32. The molecule has 0 aromatic rings. The van der Waals surface area contributed by atoms with Crippen molar-refractivity contribution in [3.8, 4) is 0 Å². The molecule has 0 N–H and O–H groups in total. The molecule has 0 aromatic heterocycles. The van der Waals surface area contributed by atoms with Crippen molar-refractivity contribution >= 4 is 5.78 Å². The Morgan fingerprint density at radius 3 is 2.59 bits per heavy atom. The first-order valence-electron chi connectivity index (χ1n) is 7.12. The van der Waals surface area contributed by atoms with Gasteiger partial charge in [-0.15, -0.1) is 11.5 Å². The SMILES string of the molecule is C=C=CC1=C=CC(=C)C(CC(=O)/C(C=C)=C(\C)C=C(C)C)=C1. The monoisotopic (exact) mass is 290 g/mol. The van der Waals surface area contributed by atoms with Crippen LogP contribution in [0, 0.1) is 0 Å². The molecule has 112 valence electrons. The van der Waals surface area contributed by atoms with Gasteiger partial charge in [-0.05, 0) is 55.7 Å². The maximum atomic E-state index is 12.6. The van der Waals surface area contributed by atoms with Gasteiger partial charge in [0.25, 0.3) is 0 Å². The minimum atomic E-state index is 0.0367. The van der Waals surface area contributed by atoms with E-state index in [-0.39, 0.29) is 5.78 Å². The molecule has 1 aliphatic carbocycles. The van der Waals surface area contributed by atoms with Crippen LogP contribution in [0.4, 0.5) is 0 Å². The van der Waals surface area contributed by atoms with Gasteiger partial charge in [-0.2, -0.15) is 0 Å². The third-order valence-corrected chi connectivity index (χ3v) is 3.20. The third kappa shape index (κ3) is 4.75. The van der Waals surface area contributed by atoms with Crippen molar-refractivity contribution in [2.24, 2.45) is 0 Å². The van der Waals surface area contributed by atoms with Crippen LogP contribution in [-0.4, -0.2) is 5.78 Å². The summed E-state index contributed by atoms with van der Waals surface area (Å²) in [6, 6.07) is 0. The van der Waals surface area contributed by atoms with Gasteiger partial charge in [-0.1, -0.05) is 37.5 Å². The number of Topliss-reactive ketones (excluding diaryl/α,β-unsaturated/α-hetero) is 1. The highest BCUT2D eigenvalue weighted by atomic mass is 16.1. The van der Waals surface area contributed by atoms with E-state index < -0.39 is 0 Å². The summed E-state index contributed by atoms with van der Waals surface area (Å²) >= 11 is 0. The van der Waals surface area contributed by atoms with Crippen molar-refractivity contribution in [2.45, 2.75) is 27.2 Å². The van der Waals surface area contributed by atoms with Crippen LogP contribution in [0.2, 0.25) is 0 Å². The van der Waals surface area contributed by atoms with Gasteiger partial charge in [0.2, 0.25) is 0 Å². The average molecular weight is 290 g/mol. The van der Waals surface area contributed by atoms with E-state index in [0.717, 1.165) is 27.9 Å². The highest BCUT2D eigenvalue weighted by Crippen LogP contribution is 2.23. The van der Waals surface area contributed by atoms with Crippen molar-refractivity contribution in [3.63, 3.8) is 0 Å². The fourth-order valence-electron chi connectivity index (χ4n) is 2.22. The lowest BCUT2D eigenvalue weighted by Crippen LogP contribution is -2.06. The second kappa shape index (κ2) is 8.00. The molecular weight excluding hydrogens is 268 g/mol. The lowest BCUT2D eigenvalue weighted by molar-refractivity contribution is -0.114. The van der Waals surface area contributed by atoms with E-state index in [1.54, 1.807) is 18.2 Å². The van der Waals surface area contributed by atoms with E-state index in [1.807, 2.05) is 32.9 Å². The van der Waals surface area contributed by atoms with Crippen LogP contribution >= 0.6 is 0 Å². The molecule has 22 heavy (non-hydrogen) atoms. The summed E-state index contributed by atoms with van der Waals surface area (Å²) in [5, 5.41) is 0. The van der Waals surface area contributed by atoms with Crippen molar-refractivity contribution in [2.75, 3.05) is 0 Å². The molecule has 0 saturated carbocycles. The van der Waals surface area contributed by atoms with Crippen molar-refractivity contribution in [1.82, 2.24) is 0 Å². The Morgan fingerprint density at radius 1 is 1.36 bits per heavy atom. The Hall–Kier alpha value is -2.59. The maximum Gasteiger partial charge on any atom is 0.167 e. The summed E-state index contributed by atoms with van der Waals surface area (Å²) in [6.45, 7) is 17.2. The van der Waals surface area contributed by atoms with Crippen LogP contribution in [0.15, 0.2) is 95.0 Å². The second-order valence-electron chi connectivity index (χ2n) is 5.41. The Labute approximate surface area is 133 Å². The molecule has 0 bridgehead atoms. The normalized spacial score (nSPS) is 14.2. The zero-order valence-corrected chi connectivity index (χ0v) is 13.6. The lowest BCUT2D eigenvalue weighted by Gasteiger charge is -2.11. The van der Waals surface area contributed by atoms with Gasteiger partial charge in [-0.3, -0.25) is 4.79 Å². The molecule has 0 heterocycles. The van der Waals surface area contributed by atoms with Gasteiger partial charge >= 0.3 is 0 Å². The lowest BCUT2D eigenvalue weighted by atomic mass is 9.92. The summed E-state index contributed by atoms with van der Waals surface area (Å²) in [4.78, 5) is 12.6. The molecule has 1 nitrogen and oxygen atoms in total. The first-order chi connectivity index (χ1) is 10.4. The van der Waals surface area contributed by atoms with Gasteiger partial charge in [0.1, 0.15) is 0 Å². The van der Waals surface area contributed by atoms with Gasteiger partial charge in [0, 0.05) is 17.6 Å². The molecule has 0 aromatic carbocycles. The molecule has 1 heteroatoms. The minimum absolute atomic E-state index is 0.0367. The topological polar surface area (TPSA) is 17.1 Å². The quantitative estimate of drug-likeness (QED) is 0.367. The van der Waals surface area contributed by atoms with Crippen LogP contribution in [-0.2, 0) is 4.79 Å². The van der Waals surface area contributed by atoms with E-state index in [2.05, 4.69) is 31.2 Å². The average Bonchev–Trinajstić information content (AvgIpc) is 2.42. The molecule has 0 unspecified atom stereocenters. The zero-order chi connectivity index (χ0) is 16.7. The van der Waals surface area contributed by atoms with Crippen LogP contribution in [0.1, 0.15) is 27.2 Å². The van der Waals surface area contributed by atoms with E-state index in [9.17, 15) is 4.79 Å². The number of ketones is 1. The standard InChI is InChI=1S/C21H22O/c1-7-9-18-11-10-16(5)19(13-18)14-21(22)20(8-2)17(6)12-15(3)4/h8-10,12-13H,1-2,5,14H2,3-4,6H3/b20-17+. The van der Waals surface area contributed by atoms with Crippen LogP contribution in [0.3, 0.4) is 0 Å². The molecule has 0 radical (unpaired) electrons.